The molecule has 6 rings (SSSR count). The Kier molecular flexibility index (Phi) is 3.48. The van der Waals surface area contributed by atoms with Crippen LogP contribution >= 0.6 is 0 Å². The molecule has 0 saturated heterocycles. The second-order valence-electron chi connectivity index (χ2n) is 7.13. The lowest BCUT2D eigenvalue weighted by Gasteiger charge is -2.02. The standard InChI is InChI=1S/C23H16N6O/c24-15-8-14(10-25-11-15)18-4-5-20-22(27-18)23(29-28-20)21-9-17-16(13-6-7-30-12-13)2-1-3-19(17)26-21/h1-12,26H,24H2,(H,28,29). The van der Waals surface area contributed by atoms with Gasteiger partial charge in [0.05, 0.1) is 35.1 Å². The highest BCUT2D eigenvalue weighted by Gasteiger charge is 2.15. The number of pyridine rings is 2. The summed E-state index contributed by atoms with van der Waals surface area (Å²) in [6.07, 6.45) is 6.80. The third kappa shape index (κ3) is 2.56. The van der Waals surface area contributed by atoms with Crippen LogP contribution in [0.5, 0.6) is 0 Å². The van der Waals surface area contributed by atoms with Crippen molar-refractivity contribution in [2.75, 3.05) is 5.73 Å². The van der Waals surface area contributed by atoms with Gasteiger partial charge in [0.1, 0.15) is 11.2 Å². The van der Waals surface area contributed by atoms with Crippen molar-refractivity contribution in [3.05, 3.63) is 73.5 Å². The van der Waals surface area contributed by atoms with E-state index in [1.807, 2.05) is 30.3 Å². The molecule has 0 amide bonds. The summed E-state index contributed by atoms with van der Waals surface area (Å²) in [5.74, 6) is 0. The summed E-state index contributed by atoms with van der Waals surface area (Å²) in [6.45, 7) is 0. The molecule has 0 bridgehead atoms. The summed E-state index contributed by atoms with van der Waals surface area (Å²) in [5, 5.41) is 8.70. The minimum Gasteiger partial charge on any atom is -0.472 e. The second-order valence-corrected chi connectivity index (χ2v) is 7.13. The number of hydrogen-bond donors (Lipinski definition) is 3. The molecular weight excluding hydrogens is 376 g/mol. The van der Waals surface area contributed by atoms with Crippen molar-refractivity contribution in [3.63, 3.8) is 0 Å². The Morgan fingerprint density at radius 3 is 2.77 bits per heavy atom. The number of fused-ring (bicyclic) bond motifs is 2. The predicted octanol–water partition coefficient (Wildman–Crippen LogP) is 5.01. The number of furan rings is 1. The fourth-order valence-electron chi connectivity index (χ4n) is 3.80. The first-order valence-electron chi connectivity index (χ1n) is 9.47. The molecule has 5 heterocycles. The zero-order valence-corrected chi connectivity index (χ0v) is 15.8. The van der Waals surface area contributed by atoms with Crippen LogP contribution in [0.4, 0.5) is 5.69 Å². The molecule has 30 heavy (non-hydrogen) atoms. The number of benzene rings is 1. The summed E-state index contributed by atoms with van der Waals surface area (Å²) < 4.78 is 5.27. The number of rotatable bonds is 3. The fourth-order valence-corrected chi connectivity index (χ4v) is 3.80. The van der Waals surface area contributed by atoms with Crippen molar-refractivity contribution in [1.29, 1.82) is 0 Å². The molecule has 0 aliphatic heterocycles. The SMILES string of the molecule is Nc1cncc(-c2ccc3[nH]nc(-c4cc5c(-c6ccoc6)cccc5[nH]4)c3n2)c1. The van der Waals surface area contributed by atoms with E-state index < -0.39 is 0 Å². The van der Waals surface area contributed by atoms with Crippen molar-refractivity contribution < 1.29 is 4.42 Å². The van der Waals surface area contributed by atoms with Crippen LogP contribution < -0.4 is 5.73 Å². The molecule has 5 aromatic heterocycles. The Balaban J connectivity index is 1.52. The van der Waals surface area contributed by atoms with E-state index in [1.165, 1.54) is 0 Å². The lowest BCUT2D eigenvalue weighted by atomic mass is 10.0. The normalized spacial score (nSPS) is 11.5. The molecule has 144 valence electrons. The highest BCUT2D eigenvalue weighted by Crippen LogP contribution is 2.34. The van der Waals surface area contributed by atoms with Crippen LogP contribution in [-0.2, 0) is 0 Å². The maximum atomic E-state index is 5.89. The molecule has 1 aromatic carbocycles. The lowest BCUT2D eigenvalue weighted by molar-refractivity contribution is 0.568. The maximum Gasteiger partial charge on any atom is 0.135 e. The zero-order valence-electron chi connectivity index (χ0n) is 15.8. The number of H-pyrrole nitrogens is 2. The van der Waals surface area contributed by atoms with E-state index >= 15 is 0 Å². The van der Waals surface area contributed by atoms with Gasteiger partial charge in [-0.3, -0.25) is 10.1 Å². The summed E-state index contributed by atoms with van der Waals surface area (Å²) in [5.41, 5.74) is 14.6. The monoisotopic (exact) mass is 392 g/mol. The van der Waals surface area contributed by atoms with Gasteiger partial charge < -0.3 is 15.1 Å². The highest BCUT2D eigenvalue weighted by molar-refractivity contribution is 6.00. The number of nitrogens with zero attached hydrogens (tertiary/aromatic N) is 3. The van der Waals surface area contributed by atoms with Crippen molar-refractivity contribution in [3.8, 4) is 33.8 Å². The minimum atomic E-state index is 0.601. The molecule has 0 radical (unpaired) electrons. The fraction of sp³-hybridized carbons (Fsp3) is 0. The molecule has 0 saturated carbocycles. The van der Waals surface area contributed by atoms with Gasteiger partial charge in [-0.15, -0.1) is 0 Å². The smallest absolute Gasteiger partial charge is 0.135 e. The summed E-state index contributed by atoms with van der Waals surface area (Å²) in [7, 11) is 0. The number of aromatic amines is 2. The van der Waals surface area contributed by atoms with E-state index in [2.05, 4.69) is 38.4 Å². The lowest BCUT2D eigenvalue weighted by Crippen LogP contribution is -1.90. The van der Waals surface area contributed by atoms with E-state index in [9.17, 15) is 0 Å². The number of hydrogen-bond acceptors (Lipinski definition) is 5. The number of nitrogens with one attached hydrogen (secondary N) is 2. The van der Waals surface area contributed by atoms with Gasteiger partial charge in [-0.25, -0.2) is 4.98 Å². The van der Waals surface area contributed by atoms with E-state index in [0.29, 0.717) is 5.69 Å². The molecule has 0 atom stereocenters. The van der Waals surface area contributed by atoms with Crippen LogP contribution in [-0.4, -0.2) is 25.1 Å². The summed E-state index contributed by atoms with van der Waals surface area (Å²) >= 11 is 0. The van der Waals surface area contributed by atoms with E-state index in [4.69, 9.17) is 15.1 Å². The van der Waals surface area contributed by atoms with Crippen LogP contribution in [0.15, 0.2) is 77.9 Å². The topological polar surface area (TPSA) is 109 Å². The number of anilines is 1. The van der Waals surface area contributed by atoms with Crippen LogP contribution in [0.3, 0.4) is 0 Å². The van der Waals surface area contributed by atoms with Crippen LogP contribution in [0, 0.1) is 0 Å². The molecule has 6 aromatic rings. The minimum absolute atomic E-state index is 0.601. The zero-order chi connectivity index (χ0) is 20.1. The van der Waals surface area contributed by atoms with Crippen molar-refractivity contribution >= 4 is 27.6 Å². The second kappa shape index (κ2) is 6.31. The number of aromatic nitrogens is 5. The van der Waals surface area contributed by atoms with E-state index in [1.54, 1.807) is 24.9 Å². The van der Waals surface area contributed by atoms with Gasteiger partial charge in [0.15, 0.2) is 0 Å². The molecule has 0 unspecified atom stereocenters. The van der Waals surface area contributed by atoms with E-state index in [0.717, 1.165) is 55.7 Å². The third-order valence-corrected chi connectivity index (χ3v) is 5.21. The predicted molar refractivity (Wildman–Crippen MR) is 117 cm³/mol. The molecule has 0 aliphatic rings. The first-order valence-corrected chi connectivity index (χ1v) is 9.47. The molecular formula is C23H16N6O. The van der Waals surface area contributed by atoms with Gasteiger partial charge in [0.25, 0.3) is 0 Å². The third-order valence-electron chi connectivity index (χ3n) is 5.21. The Hall–Kier alpha value is -4.39. The van der Waals surface area contributed by atoms with Crippen molar-refractivity contribution in [2.45, 2.75) is 0 Å². The Bertz CT molecular complexity index is 1510. The number of nitrogen functional groups attached to an aromatic ring is 1. The number of nitrogens with two attached hydrogens (primary N) is 1. The van der Waals surface area contributed by atoms with Gasteiger partial charge in [-0.05, 0) is 42.0 Å². The van der Waals surface area contributed by atoms with Gasteiger partial charge in [-0.2, -0.15) is 5.10 Å². The van der Waals surface area contributed by atoms with Crippen LogP contribution in [0.1, 0.15) is 0 Å². The maximum absolute atomic E-state index is 5.89. The van der Waals surface area contributed by atoms with Gasteiger partial charge in [-0.1, -0.05) is 12.1 Å². The average molecular weight is 392 g/mol. The molecule has 0 spiro atoms. The van der Waals surface area contributed by atoms with Gasteiger partial charge in [0.2, 0.25) is 0 Å². The van der Waals surface area contributed by atoms with Gasteiger partial charge >= 0.3 is 0 Å². The quantitative estimate of drug-likeness (QED) is 0.392. The van der Waals surface area contributed by atoms with Crippen molar-refractivity contribution in [2.24, 2.45) is 0 Å². The Morgan fingerprint density at radius 2 is 1.90 bits per heavy atom. The van der Waals surface area contributed by atoms with E-state index in [-0.39, 0.29) is 0 Å². The van der Waals surface area contributed by atoms with Gasteiger partial charge in [0, 0.05) is 34.4 Å². The molecule has 7 heteroatoms. The first kappa shape index (κ1) is 16.6. The molecule has 4 N–H and O–H groups in total. The Labute approximate surface area is 170 Å². The largest absolute Gasteiger partial charge is 0.472 e. The molecule has 7 nitrogen and oxygen atoms in total. The first-order chi connectivity index (χ1) is 14.8. The van der Waals surface area contributed by atoms with Crippen LogP contribution in [0.2, 0.25) is 0 Å². The summed E-state index contributed by atoms with van der Waals surface area (Å²) in [4.78, 5) is 12.5. The van der Waals surface area contributed by atoms with Crippen molar-refractivity contribution in [1.82, 2.24) is 25.1 Å². The molecule has 0 aliphatic carbocycles. The molecule has 0 fully saturated rings. The Morgan fingerprint density at radius 1 is 0.933 bits per heavy atom. The average Bonchev–Trinajstić information content (AvgIpc) is 3.51. The van der Waals surface area contributed by atoms with Crippen LogP contribution in [0.25, 0.3) is 55.7 Å². The highest BCUT2D eigenvalue weighted by atomic mass is 16.3. The summed E-state index contributed by atoms with van der Waals surface area (Å²) in [6, 6.07) is 16.0.